The van der Waals surface area contributed by atoms with Crippen LogP contribution in [0.4, 0.5) is 0 Å². The summed E-state index contributed by atoms with van der Waals surface area (Å²) >= 11 is 6.49. The van der Waals surface area contributed by atoms with Crippen molar-refractivity contribution in [2.45, 2.75) is 26.7 Å². The number of hydrogen-bond acceptors (Lipinski definition) is 3. The highest BCUT2D eigenvalue weighted by Crippen LogP contribution is 2.34. The molecule has 0 atom stereocenters. The van der Waals surface area contributed by atoms with E-state index >= 15 is 0 Å². The molecule has 0 unspecified atom stereocenters. The van der Waals surface area contributed by atoms with Crippen molar-refractivity contribution in [3.05, 3.63) is 22.3 Å². The first kappa shape index (κ1) is 21.2. The van der Waals surface area contributed by atoms with Gasteiger partial charge in [-0.2, -0.15) is 0 Å². The van der Waals surface area contributed by atoms with Gasteiger partial charge in [0.2, 0.25) is 0 Å². The Hall–Kier alpha value is 0.150. The van der Waals surface area contributed by atoms with Crippen molar-refractivity contribution in [1.29, 1.82) is 0 Å². The van der Waals surface area contributed by atoms with Crippen molar-refractivity contribution in [3.8, 4) is 5.75 Å². The van der Waals surface area contributed by atoms with Crippen molar-refractivity contribution in [3.63, 3.8) is 0 Å². The minimum absolute atomic E-state index is 0.00409. The van der Waals surface area contributed by atoms with E-state index in [4.69, 9.17) is 9.84 Å². The van der Waals surface area contributed by atoms with E-state index < -0.39 is 5.97 Å². The molecule has 0 radical (unpaired) electrons. The van der Waals surface area contributed by atoms with Crippen molar-refractivity contribution >= 4 is 79.6 Å². The Labute approximate surface area is 176 Å². The summed E-state index contributed by atoms with van der Waals surface area (Å²) in [7, 11) is 0. The van der Waals surface area contributed by atoms with Crippen LogP contribution in [0.25, 0.3) is 0 Å². The van der Waals surface area contributed by atoms with E-state index in [0.717, 1.165) is 10.7 Å². The minimum Gasteiger partial charge on any atom is -0.491 e. The summed E-state index contributed by atoms with van der Waals surface area (Å²) in [6.45, 7) is 5.54. The summed E-state index contributed by atoms with van der Waals surface area (Å²) in [5.41, 5.74) is 0.656. The van der Waals surface area contributed by atoms with E-state index in [-0.39, 0.29) is 12.3 Å². The molecule has 0 saturated carbocycles. The minimum atomic E-state index is -0.835. The third-order valence-electron chi connectivity index (χ3n) is 3.17. The molecule has 1 aromatic carbocycles. The van der Waals surface area contributed by atoms with Gasteiger partial charge < -0.3 is 14.7 Å². The maximum absolute atomic E-state index is 12.7. The van der Waals surface area contributed by atoms with Gasteiger partial charge in [0, 0.05) is 23.1 Å². The smallest absolute Gasteiger partial charge is 0.303 e. The molecule has 23 heavy (non-hydrogen) atoms. The predicted molar refractivity (Wildman–Crippen MR) is 114 cm³/mol. The molecule has 1 N–H and O–H groups in total. The number of rotatable bonds is 8. The topological polar surface area (TPSA) is 66.8 Å². The number of carboxylic acid groups (broad SMARTS) is 1. The number of nitrogens with zero attached hydrogens (tertiary/aromatic N) is 1. The number of carbonyl (C=O) groups is 2. The summed E-state index contributed by atoms with van der Waals surface area (Å²) in [4.78, 5) is 25.1. The fraction of sp³-hybridized carbons (Fsp3) is 0.467. The number of ether oxygens (including phenoxy) is 1. The van der Waals surface area contributed by atoms with Gasteiger partial charge in [-0.05, 0) is 94.1 Å². The Balaban J connectivity index is 3.07. The molecule has 1 rings (SSSR count). The zero-order valence-corrected chi connectivity index (χ0v) is 19.3. The third kappa shape index (κ3) is 5.87. The Morgan fingerprint density at radius 3 is 2.30 bits per heavy atom. The quantitative estimate of drug-likeness (QED) is 0.336. The first-order chi connectivity index (χ1) is 10.8. The second-order valence-corrected chi connectivity index (χ2v) is 8.08. The Bertz CT molecular complexity index is 589. The van der Waals surface area contributed by atoms with Crippen LogP contribution in [-0.2, 0) is 4.79 Å². The maximum Gasteiger partial charge on any atom is 0.303 e. The van der Waals surface area contributed by atoms with Crippen LogP contribution in [0, 0.1) is 10.7 Å². The number of carboxylic acids is 1. The molecule has 8 heteroatoms. The SMILES string of the molecule is CCN(CC)C(=O)c1c(I)cc(I)c(OCCCC(=O)O)c1I. The van der Waals surface area contributed by atoms with Gasteiger partial charge in [-0.25, -0.2) is 0 Å². The van der Waals surface area contributed by atoms with Gasteiger partial charge in [-0.15, -0.1) is 0 Å². The molecule has 0 aliphatic heterocycles. The molecule has 0 fully saturated rings. The Kier molecular flexibility index (Phi) is 9.41. The molecule has 0 aliphatic carbocycles. The standard InChI is InChI=1S/C15H18I3NO4/c1-3-19(4-2)15(22)12-9(16)8-10(17)14(13(12)18)23-7-5-6-11(20)21/h8H,3-7H2,1-2H3,(H,20,21). The molecule has 1 aromatic rings. The summed E-state index contributed by atoms with van der Waals surface area (Å²) in [6.07, 6.45) is 0.509. The first-order valence-corrected chi connectivity index (χ1v) is 10.4. The predicted octanol–water partition coefficient (Wildman–Crippen LogP) is 4.23. The maximum atomic E-state index is 12.7. The van der Waals surface area contributed by atoms with Crippen molar-refractivity contribution < 1.29 is 19.4 Å². The second-order valence-electron chi connectivity index (χ2n) is 4.68. The highest BCUT2D eigenvalue weighted by atomic mass is 127. The molecule has 0 bridgehead atoms. The van der Waals surface area contributed by atoms with Crippen molar-refractivity contribution in [2.75, 3.05) is 19.7 Å². The monoisotopic (exact) mass is 657 g/mol. The fourth-order valence-electron chi connectivity index (χ4n) is 1.97. The summed E-state index contributed by atoms with van der Waals surface area (Å²) in [6, 6.07) is 1.92. The van der Waals surface area contributed by atoms with E-state index in [1.807, 2.05) is 19.9 Å². The zero-order chi connectivity index (χ0) is 17.6. The summed E-state index contributed by atoms with van der Waals surface area (Å²) < 4.78 is 8.36. The fourth-order valence-corrected chi connectivity index (χ4v) is 6.11. The third-order valence-corrected chi connectivity index (χ3v) is 5.86. The lowest BCUT2D eigenvalue weighted by molar-refractivity contribution is -0.137. The molecule has 1 amide bonds. The van der Waals surface area contributed by atoms with Gasteiger partial charge in [-0.3, -0.25) is 9.59 Å². The van der Waals surface area contributed by atoms with Gasteiger partial charge in [0.1, 0.15) is 5.75 Å². The molecule has 0 aromatic heterocycles. The Morgan fingerprint density at radius 1 is 1.17 bits per heavy atom. The van der Waals surface area contributed by atoms with E-state index in [1.54, 1.807) is 4.90 Å². The lowest BCUT2D eigenvalue weighted by Crippen LogP contribution is -2.32. The molecular formula is C15H18I3NO4. The van der Waals surface area contributed by atoms with Gasteiger partial charge >= 0.3 is 5.97 Å². The van der Waals surface area contributed by atoms with Crippen molar-refractivity contribution in [1.82, 2.24) is 4.90 Å². The number of aliphatic carboxylic acids is 1. The molecule has 0 heterocycles. The molecule has 5 nitrogen and oxygen atoms in total. The van der Waals surface area contributed by atoms with E-state index in [2.05, 4.69) is 67.8 Å². The van der Waals surface area contributed by atoms with Crippen LogP contribution in [0.2, 0.25) is 0 Å². The van der Waals surface area contributed by atoms with Crippen LogP contribution in [0.15, 0.2) is 6.07 Å². The number of halogens is 3. The van der Waals surface area contributed by atoms with Gasteiger partial charge in [0.15, 0.2) is 0 Å². The van der Waals surface area contributed by atoms with Gasteiger partial charge in [-0.1, -0.05) is 0 Å². The first-order valence-electron chi connectivity index (χ1n) is 7.14. The average molecular weight is 657 g/mol. The number of hydrogen-bond donors (Lipinski definition) is 1. The highest BCUT2D eigenvalue weighted by molar-refractivity contribution is 14.1. The lowest BCUT2D eigenvalue weighted by Gasteiger charge is -2.22. The van der Waals surface area contributed by atoms with Crippen LogP contribution in [-0.4, -0.2) is 41.6 Å². The van der Waals surface area contributed by atoms with Gasteiger partial charge in [0.25, 0.3) is 5.91 Å². The Morgan fingerprint density at radius 2 is 1.78 bits per heavy atom. The van der Waals surface area contributed by atoms with Crippen LogP contribution in [0.3, 0.4) is 0 Å². The zero-order valence-electron chi connectivity index (χ0n) is 12.9. The van der Waals surface area contributed by atoms with Crippen LogP contribution in [0.5, 0.6) is 5.75 Å². The van der Waals surface area contributed by atoms with E-state index in [9.17, 15) is 9.59 Å². The molecule has 0 spiro atoms. The van der Waals surface area contributed by atoms with Crippen LogP contribution >= 0.6 is 67.8 Å². The van der Waals surface area contributed by atoms with E-state index in [1.165, 1.54) is 0 Å². The van der Waals surface area contributed by atoms with Crippen molar-refractivity contribution in [2.24, 2.45) is 0 Å². The lowest BCUT2D eigenvalue weighted by atomic mass is 10.2. The van der Waals surface area contributed by atoms with E-state index in [0.29, 0.717) is 37.4 Å². The second kappa shape index (κ2) is 10.2. The molecule has 0 saturated heterocycles. The summed E-state index contributed by atoms with van der Waals surface area (Å²) in [5.74, 6) is -0.180. The van der Waals surface area contributed by atoms with Crippen LogP contribution < -0.4 is 4.74 Å². The van der Waals surface area contributed by atoms with Gasteiger partial charge in [0.05, 0.1) is 19.3 Å². The number of amides is 1. The number of carbonyl (C=O) groups excluding carboxylic acids is 1. The molecular weight excluding hydrogens is 639 g/mol. The molecule has 128 valence electrons. The summed E-state index contributed by atoms with van der Waals surface area (Å²) in [5, 5.41) is 8.68. The highest BCUT2D eigenvalue weighted by Gasteiger charge is 2.23. The van der Waals surface area contributed by atoms with Crippen LogP contribution in [0.1, 0.15) is 37.0 Å². The average Bonchev–Trinajstić information content (AvgIpc) is 2.46. The molecule has 0 aliphatic rings. The largest absolute Gasteiger partial charge is 0.491 e. The number of benzene rings is 1. The normalized spacial score (nSPS) is 10.5.